The van der Waals surface area contributed by atoms with Crippen molar-refractivity contribution in [3.63, 3.8) is 0 Å². The smallest absolute Gasteiger partial charge is 0.302 e. The van der Waals surface area contributed by atoms with E-state index in [0.717, 1.165) is 18.8 Å². The molecule has 0 aromatic carbocycles. The summed E-state index contributed by atoms with van der Waals surface area (Å²) >= 11 is 0. The summed E-state index contributed by atoms with van der Waals surface area (Å²) in [6, 6.07) is 0. The Kier molecular flexibility index (Phi) is 13.1. The first-order valence-corrected chi connectivity index (χ1v) is 7.95. The summed E-state index contributed by atoms with van der Waals surface area (Å²) in [5, 5.41) is 0. The standard InChI is InChI=1S/C17H32O2/c1-4-13-16(2)14-11-9-7-5-6-8-10-12-15-19-17(3)18/h7,9,16H,4-6,8,10-15H2,1-3H3. The van der Waals surface area contributed by atoms with Crippen molar-refractivity contribution in [2.24, 2.45) is 5.92 Å². The Labute approximate surface area is 119 Å². The summed E-state index contributed by atoms with van der Waals surface area (Å²) in [6.45, 7) is 6.65. The monoisotopic (exact) mass is 268 g/mol. The van der Waals surface area contributed by atoms with Crippen molar-refractivity contribution < 1.29 is 9.53 Å². The zero-order valence-corrected chi connectivity index (χ0v) is 13.1. The van der Waals surface area contributed by atoms with Gasteiger partial charge in [-0.25, -0.2) is 0 Å². The van der Waals surface area contributed by atoms with Gasteiger partial charge in [0.05, 0.1) is 6.61 Å². The number of hydrogen-bond donors (Lipinski definition) is 0. The molecule has 0 N–H and O–H groups in total. The molecule has 0 aromatic heterocycles. The lowest BCUT2D eigenvalue weighted by molar-refractivity contribution is -0.141. The molecule has 0 aliphatic rings. The number of hydrogen-bond acceptors (Lipinski definition) is 2. The van der Waals surface area contributed by atoms with E-state index in [0.29, 0.717) is 6.61 Å². The van der Waals surface area contributed by atoms with E-state index in [1.165, 1.54) is 51.9 Å². The first-order valence-electron chi connectivity index (χ1n) is 7.95. The lowest BCUT2D eigenvalue weighted by Gasteiger charge is -2.06. The van der Waals surface area contributed by atoms with Crippen LogP contribution in [0.5, 0.6) is 0 Å². The van der Waals surface area contributed by atoms with Crippen LogP contribution >= 0.6 is 0 Å². The summed E-state index contributed by atoms with van der Waals surface area (Å²) in [4.78, 5) is 10.5. The van der Waals surface area contributed by atoms with E-state index < -0.39 is 0 Å². The summed E-state index contributed by atoms with van der Waals surface area (Å²) in [5.74, 6) is 0.705. The summed E-state index contributed by atoms with van der Waals surface area (Å²) in [6.07, 6.45) is 15.7. The van der Waals surface area contributed by atoms with Crippen LogP contribution in [0.25, 0.3) is 0 Å². The van der Waals surface area contributed by atoms with Crippen LogP contribution in [0.4, 0.5) is 0 Å². The maximum absolute atomic E-state index is 10.5. The molecule has 0 saturated heterocycles. The van der Waals surface area contributed by atoms with Crippen LogP contribution in [0.3, 0.4) is 0 Å². The predicted octanol–water partition coefficient (Wildman–Crippen LogP) is 5.27. The fraction of sp³-hybridized carbons (Fsp3) is 0.824. The number of carbonyl (C=O) groups is 1. The van der Waals surface area contributed by atoms with Gasteiger partial charge in [-0.3, -0.25) is 4.79 Å². The summed E-state index contributed by atoms with van der Waals surface area (Å²) in [7, 11) is 0. The molecule has 0 fully saturated rings. The minimum absolute atomic E-state index is 0.166. The lowest BCUT2D eigenvalue weighted by Crippen LogP contribution is -1.99. The topological polar surface area (TPSA) is 26.3 Å². The third-order valence-corrected chi connectivity index (χ3v) is 3.34. The second kappa shape index (κ2) is 13.6. The molecule has 0 spiro atoms. The molecule has 112 valence electrons. The van der Waals surface area contributed by atoms with E-state index >= 15 is 0 Å². The van der Waals surface area contributed by atoms with Crippen molar-refractivity contribution in [3.8, 4) is 0 Å². The quantitative estimate of drug-likeness (QED) is 0.274. The number of carbonyl (C=O) groups excluding carboxylic acids is 1. The number of ether oxygens (including phenoxy) is 1. The van der Waals surface area contributed by atoms with E-state index in [9.17, 15) is 4.79 Å². The highest BCUT2D eigenvalue weighted by atomic mass is 16.5. The molecular weight excluding hydrogens is 236 g/mol. The molecule has 0 bridgehead atoms. The summed E-state index contributed by atoms with van der Waals surface area (Å²) in [5.41, 5.74) is 0. The van der Waals surface area contributed by atoms with Crippen LogP contribution in [0.2, 0.25) is 0 Å². The number of esters is 1. The highest BCUT2D eigenvalue weighted by molar-refractivity contribution is 5.65. The zero-order valence-electron chi connectivity index (χ0n) is 13.1. The van der Waals surface area contributed by atoms with Crippen molar-refractivity contribution in [2.75, 3.05) is 6.61 Å². The van der Waals surface area contributed by atoms with Crippen LogP contribution in [-0.2, 0) is 9.53 Å². The molecule has 0 aromatic rings. The molecule has 0 amide bonds. The van der Waals surface area contributed by atoms with Crippen LogP contribution in [0.1, 0.15) is 78.6 Å². The third kappa shape index (κ3) is 15.2. The summed E-state index contributed by atoms with van der Waals surface area (Å²) < 4.78 is 4.89. The van der Waals surface area contributed by atoms with Crippen molar-refractivity contribution in [1.29, 1.82) is 0 Å². The van der Waals surface area contributed by atoms with Gasteiger partial charge in [0.15, 0.2) is 0 Å². The largest absolute Gasteiger partial charge is 0.466 e. The van der Waals surface area contributed by atoms with E-state index in [2.05, 4.69) is 26.0 Å². The minimum Gasteiger partial charge on any atom is -0.466 e. The lowest BCUT2D eigenvalue weighted by atomic mass is 10.00. The molecule has 1 atom stereocenters. The van der Waals surface area contributed by atoms with E-state index in [-0.39, 0.29) is 5.97 Å². The van der Waals surface area contributed by atoms with Crippen molar-refractivity contribution in [1.82, 2.24) is 0 Å². The second-order valence-corrected chi connectivity index (χ2v) is 5.49. The second-order valence-electron chi connectivity index (χ2n) is 5.49. The van der Waals surface area contributed by atoms with Crippen molar-refractivity contribution >= 4 is 5.97 Å². The molecule has 0 heterocycles. The SMILES string of the molecule is CCCC(C)CCC=CCCCCCCOC(C)=O. The zero-order chi connectivity index (χ0) is 14.3. The van der Waals surface area contributed by atoms with Crippen molar-refractivity contribution in [3.05, 3.63) is 12.2 Å². The molecular formula is C17H32O2. The highest BCUT2D eigenvalue weighted by Gasteiger charge is 1.97. The third-order valence-electron chi connectivity index (χ3n) is 3.34. The Morgan fingerprint density at radius 2 is 1.74 bits per heavy atom. The molecule has 0 rings (SSSR count). The van der Waals surface area contributed by atoms with Gasteiger partial charge >= 0.3 is 5.97 Å². The van der Waals surface area contributed by atoms with E-state index in [4.69, 9.17) is 4.74 Å². The molecule has 0 aliphatic carbocycles. The van der Waals surface area contributed by atoms with Crippen molar-refractivity contribution in [2.45, 2.75) is 78.6 Å². The average Bonchev–Trinajstić information content (AvgIpc) is 2.36. The van der Waals surface area contributed by atoms with Gasteiger partial charge in [0, 0.05) is 6.92 Å². The highest BCUT2D eigenvalue weighted by Crippen LogP contribution is 2.12. The van der Waals surface area contributed by atoms with Gasteiger partial charge < -0.3 is 4.74 Å². The Morgan fingerprint density at radius 1 is 1.05 bits per heavy atom. The molecule has 0 radical (unpaired) electrons. The predicted molar refractivity (Wildman–Crippen MR) is 82.2 cm³/mol. The van der Waals surface area contributed by atoms with Gasteiger partial charge in [0.25, 0.3) is 0 Å². The maximum Gasteiger partial charge on any atom is 0.302 e. The van der Waals surface area contributed by atoms with E-state index in [1.807, 2.05) is 0 Å². The molecule has 0 saturated carbocycles. The Bertz CT molecular complexity index is 233. The average molecular weight is 268 g/mol. The van der Waals surface area contributed by atoms with Gasteiger partial charge in [-0.1, -0.05) is 51.7 Å². The number of unbranched alkanes of at least 4 members (excludes halogenated alkanes) is 4. The Balaban J connectivity index is 3.19. The van der Waals surface area contributed by atoms with Gasteiger partial charge in [0.1, 0.15) is 0 Å². The van der Waals surface area contributed by atoms with Crippen LogP contribution in [0, 0.1) is 5.92 Å². The van der Waals surface area contributed by atoms with Gasteiger partial charge in [-0.15, -0.1) is 0 Å². The maximum atomic E-state index is 10.5. The first kappa shape index (κ1) is 18.2. The molecule has 1 unspecified atom stereocenters. The Hall–Kier alpha value is -0.790. The Morgan fingerprint density at radius 3 is 2.42 bits per heavy atom. The van der Waals surface area contributed by atoms with Crippen LogP contribution < -0.4 is 0 Å². The fourth-order valence-corrected chi connectivity index (χ4v) is 2.19. The number of rotatable bonds is 12. The molecule has 2 nitrogen and oxygen atoms in total. The van der Waals surface area contributed by atoms with Crippen LogP contribution in [0.15, 0.2) is 12.2 Å². The van der Waals surface area contributed by atoms with E-state index in [1.54, 1.807) is 0 Å². The molecule has 19 heavy (non-hydrogen) atoms. The first-order chi connectivity index (χ1) is 9.16. The molecule has 2 heteroatoms. The fourth-order valence-electron chi connectivity index (χ4n) is 2.19. The van der Waals surface area contributed by atoms with Gasteiger partial charge in [-0.2, -0.15) is 0 Å². The normalized spacial score (nSPS) is 12.8. The van der Waals surface area contributed by atoms with Crippen LogP contribution in [-0.4, -0.2) is 12.6 Å². The van der Waals surface area contributed by atoms with Gasteiger partial charge in [-0.05, 0) is 38.0 Å². The minimum atomic E-state index is -0.166. The van der Waals surface area contributed by atoms with Gasteiger partial charge in [0.2, 0.25) is 0 Å². The molecule has 0 aliphatic heterocycles. The number of allylic oxidation sites excluding steroid dienone is 2.